The summed E-state index contributed by atoms with van der Waals surface area (Å²) in [6, 6.07) is 91.0. The highest BCUT2D eigenvalue weighted by molar-refractivity contribution is 6.11. The van der Waals surface area contributed by atoms with Gasteiger partial charge in [0.25, 0.3) is 0 Å². The lowest BCUT2D eigenvalue weighted by atomic mass is 9.70. The summed E-state index contributed by atoms with van der Waals surface area (Å²) < 4.78 is 2.38. The largest absolute Gasteiger partial charge is 0.310 e. The molecule has 0 saturated carbocycles. The van der Waals surface area contributed by atoms with Crippen molar-refractivity contribution in [1.82, 2.24) is 4.57 Å². The van der Waals surface area contributed by atoms with Crippen LogP contribution in [0.2, 0.25) is 0 Å². The van der Waals surface area contributed by atoms with Crippen molar-refractivity contribution in [3.63, 3.8) is 0 Å². The Labute approximate surface area is 408 Å². The summed E-state index contributed by atoms with van der Waals surface area (Å²) in [6.07, 6.45) is 0. The number of hydrogen-bond acceptors (Lipinski definition) is 1. The van der Waals surface area contributed by atoms with Gasteiger partial charge < -0.3 is 9.47 Å². The van der Waals surface area contributed by atoms with Gasteiger partial charge in [0.1, 0.15) is 0 Å². The van der Waals surface area contributed by atoms with Gasteiger partial charge in [0, 0.05) is 38.9 Å². The summed E-state index contributed by atoms with van der Waals surface area (Å²) in [5.41, 5.74) is 24.8. The van der Waals surface area contributed by atoms with Gasteiger partial charge in [-0.3, -0.25) is 0 Å². The number of para-hydroxylation sites is 2. The van der Waals surface area contributed by atoms with E-state index in [9.17, 15) is 0 Å². The third kappa shape index (κ3) is 5.23. The fourth-order valence-electron chi connectivity index (χ4n) is 13.1. The lowest BCUT2D eigenvalue weighted by molar-refractivity contribution is 0.660. The molecule has 3 aliphatic rings. The summed E-state index contributed by atoms with van der Waals surface area (Å²) in [5, 5.41) is 5.09. The molecule has 2 nitrogen and oxygen atoms in total. The molecule has 0 N–H and O–H groups in total. The van der Waals surface area contributed by atoms with E-state index in [4.69, 9.17) is 0 Å². The van der Waals surface area contributed by atoms with Gasteiger partial charge in [-0.1, -0.05) is 190 Å². The van der Waals surface area contributed by atoms with Crippen molar-refractivity contribution in [2.24, 2.45) is 0 Å². The maximum atomic E-state index is 2.48. The fraction of sp³-hybridized carbons (Fsp3) is 0.0588. The Hall–Kier alpha value is -8.72. The van der Waals surface area contributed by atoms with Gasteiger partial charge in [0.2, 0.25) is 0 Å². The van der Waals surface area contributed by atoms with Crippen LogP contribution < -0.4 is 4.90 Å². The predicted molar refractivity (Wildman–Crippen MR) is 292 cm³/mol. The first-order valence-corrected chi connectivity index (χ1v) is 24.6. The van der Waals surface area contributed by atoms with Crippen LogP contribution in [-0.2, 0) is 10.8 Å². The second-order valence-corrected chi connectivity index (χ2v) is 20.0. The number of fused-ring (bicyclic) bond motifs is 18. The minimum absolute atomic E-state index is 0.142. The van der Waals surface area contributed by atoms with Crippen molar-refractivity contribution in [1.29, 1.82) is 0 Å². The van der Waals surface area contributed by atoms with E-state index in [0.29, 0.717) is 0 Å². The van der Waals surface area contributed by atoms with Crippen molar-refractivity contribution < 1.29 is 0 Å². The van der Waals surface area contributed by atoms with Crippen molar-refractivity contribution >= 4 is 49.6 Å². The monoisotopic (exact) mass is 890 g/mol. The molecule has 70 heavy (non-hydrogen) atoms. The number of aromatic nitrogens is 1. The molecule has 11 aromatic carbocycles. The van der Waals surface area contributed by atoms with Crippen LogP contribution in [0.4, 0.5) is 17.1 Å². The first-order chi connectivity index (χ1) is 34.5. The fourth-order valence-corrected chi connectivity index (χ4v) is 13.1. The van der Waals surface area contributed by atoms with Gasteiger partial charge in [0.05, 0.1) is 16.4 Å². The molecule has 3 aliphatic carbocycles. The minimum atomic E-state index is -0.440. The van der Waals surface area contributed by atoms with Crippen LogP contribution >= 0.6 is 0 Å². The smallest absolute Gasteiger partial charge is 0.0725 e. The van der Waals surface area contributed by atoms with Gasteiger partial charge in [-0.2, -0.15) is 0 Å². The summed E-state index contributed by atoms with van der Waals surface area (Å²) >= 11 is 0. The van der Waals surface area contributed by atoms with E-state index >= 15 is 0 Å². The van der Waals surface area contributed by atoms with Crippen LogP contribution in [0.3, 0.4) is 0 Å². The minimum Gasteiger partial charge on any atom is -0.310 e. The summed E-state index contributed by atoms with van der Waals surface area (Å²) in [7, 11) is 0. The molecule has 2 heteroatoms. The Morgan fingerprint density at radius 2 is 0.886 bits per heavy atom. The topological polar surface area (TPSA) is 8.17 Å². The third-order valence-electron chi connectivity index (χ3n) is 16.2. The molecule has 0 saturated heterocycles. The van der Waals surface area contributed by atoms with Crippen molar-refractivity contribution in [3.8, 4) is 50.2 Å². The SMILES string of the molecule is CC1(C)c2ccccc2-c2ccc(N(c3ccc(-c4ccc5c(c4)c4ccccc4n5-c4ccccc4)cc3)c3ccc4c(c3)-c3ccccc3C43c4ccccc4-c4c3ccc3ccccc43)cc21. The molecule has 1 heterocycles. The lowest BCUT2D eigenvalue weighted by Crippen LogP contribution is -2.25. The predicted octanol–water partition coefficient (Wildman–Crippen LogP) is 17.7. The quantitative estimate of drug-likeness (QED) is 0.167. The number of rotatable bonds is 5. The number of anilines is 3. The van der Waals surface area contributed by atoms with Crippen molar-refractivity contribution in [3.05, 3.63) is 276 Å². The molecular formula is C68H46N2. The Morgan fingerprint density at radius 3 is 1.70 bits per heavy atom. The first kappa shape index (κ1) is 39.3. The molecule has 1 atom stereocenters. The Morgan fingerprint density at radius 1 is 0.329 bits per heavy atom. The molecule has 12 aromatic rings. The zero-order chi connectivity index (χ0) is 46.3. The van der Waals surface area contributed by atoms with Crippen LogP contribution in [0, 0.1) is 0 Å². The van der Waals surface area contributed by atoms with Crippen LogP contribution in [0.25, 0.3) is 82.8 Å². The highest BCUT2D eigenvalue weighted by atomic mass is 15.1. The summed E-state index contributed by atoms with van der Waals surface area (Å²) in [6.45, 7) is 4.75. The molecule has 0 radical (unpaired) electrons. The first-order valence-electron chi connectivity index (χ1n) is 24.6. The van der Waals surface area contributed by atoms with Crippen LogP contribution in [-0.4, -0.2) is 4.57 Å². The lowest BCUT2D eigenvalue weighted by Gasteiger charge is -2.31. The van der Waals surface area contributed by atoms with E-state index in [1.807, 2.05) is 0 Å². The Bertz CT molecular complexity index is 4150. The van der Waals surface area contributed by atoms with E-state index in [1.54, 1.807) is 0 Å². The van der Waals surface area contributed by atoms with E-state index in [1.165, 1.54) is 116 Å². The molecule has 0 amide bonds. The van der Waals surface area contributed by atoms with Crippen molar-refractivity contribution in [2.75, 3.05) is 4.90 Å². The highest BCUT2D eigenvalue weighted by Crippen LogP contribution is 2.64. The van der Waals surface area contributed by atoms with Crippen LogP contribution in [0.1, 0.15) is 47.2 Å². The third-order valence-corrected chi connectivity index (χ3v) is 16.2. The molecule has 0 aliphatic heterocycles. The molecule has 1 aromatic heterocycles. The zero-order valence-electron chi connectivity index (χ0n) is 39.0. The Balaban J connectivity index is 0.909. The van der Waals surface area contributed by atoms with E-state index < -0.39 is 5.41 Å². The zero-order valence-corrected chi connectivity index (χ0v) is 39.0. The normalized spacial score (nSPS) is 15.5. The molecule has 15 rings (SSSR count). The Kier molecular flexibility index (Phi) is 8.08. The average molecular weight is 891 g/mol. The maximum absolute atomic E-state index is 2.48. The van der Waals surface area contributed by atoms with E-state index in [2.05, 4.69) is 266 Å². The van der Waals surface area contributed by atoms with Crippen molar-refractivity contribution in [2.45, 2.75) is 24.7 Å². The van der Waals surface area contributed by atoms with Gasteiger partial charge in [0.15, 0.2) is 0 Å². The number of hydrogen-bond donors (Lipinski definition) is 0. The molecule has 1 spiro atoms. The molecule has 328 valence electrons. The highest BCUT2D eigenvalue weighted by Gasteiger charge is 2.52. The van der Waals surface area contributed by atoms with Gasteiger partial charge in [-0.05, 0) is 155 Å². The molecular weight excluding hydrogens is 845 g/mol. The number of nitrogens with zero attached hydrogens (tertiary/aromatic N) is 2. The number of benzene rings is 11. The van der Waals surface area contributed by atoms with Crippen LogP contribution in [0.15, 0.2) is 243 Å². The molecule has 1 unspecified atom stereocenters. The molecule has 0 fully saturated rings. The van der Waals surface area contributed by atoms with Crippen LogP contribution in [0.5, 0.6) is 0 Å². The summed E-state index contributed by atoms with van der Waals surface area (Å²) in [5.74, 6) is 0. The summed E-state index contributed by atoms with van der Waals surface area (Å²) in [4.78, 5) is 2.48. The maximum Gasteiger partial charge on any atom is 0.0725 e. The average Bonchev–Trinajstić information content (AvgIpc) is 4.09. The van der Waals surface area contributed by atoms with Gasteiger partial charge in [-0.25, -0.2) is 0 Å². The van der Waals surface area contributed by atoms with E-state index in [-0.39, 0.29) is 5.41 Å². The standard InChI is InChI=1S/C68H46N2/c1-67(2)58-24-12-8-20-51(58)53-36-34-49(42-63(53)67)69(47-32-28-43(29-33-47)45-31-39-65-57(40-45)54-22-11-15-27-64(54)70(65)46-17-4-3-5-18-46)48-35-38-61-56(41-48)52-21-9-13-25-59(52)68(61)60-26-14-10-23-55(60)66-50-19-7-6-16-44(50)30-37-62(66)68/h3-42H,1-2H3. The molecule has 0 bridgehead atoms. The van der Waals surface area contributed by atoms with Gasteiger partial charge in [-0.15, -0.1) is 0 Å². The second kappa shape index (κ2) is 14.4. The van der Waals surface area contributed by atoms with Gasteiger partial charge >= 0.3 is 0 Å². The van der Waals surface area contributed by atoms with E-state index in [0.717, 1.165) is 17.1 Å². The second-order valence-electron chi connectivity index (χ2n) is 20.0.